The first-order valence-corrected chi connectivity index (χ1v) is 23.0. The zero-order valence-electron chi connectivity index (χ0n) is 35.1. The normalized spacial score (nSPS) is 31.7. The van der Waals surface area contributed by atoms with Crippen molar-refractivity contribution in [3.63, 3.8) is 0 Å². The van der Waals surface area contributed by atoms with Crippen molar-refractivity contribution in [2.75, 3.05) is 52.5 Å². The minimum Gasteiger partial charge on any atom is -0.378 e. The standard InChI is InChI=1S/C45H90N4O3/c1-5-6-7-8-9-10-11-12-13-14-27-49-28-15-19-36(2)38-21-20-37(3)44-42(35-41(32-38)51-30-17-25-47)45(4)23-22-40(50-29-16-24-46)33-39(45)34-43(44)52-31-18-26-48/h36-44,49H,5-35,46-48H2,1-4H3/t36-,37+,38+,39+,40-,41-,42+,43-,44+,45+/m1/s1. The maximum Gasteiger partial charge on any atom is 0.0611 e. The van der Waals surface area contributed by atoms with E-state index in [1.165, 1.54) is 116 Å². The van der Waals surface area contributed by atoms with Gasteiger partial charge in [-0.1, -0.05) is 91.9 Å². The van der Waals surface area contributed by atoms with Crippen LogP contribution < -0.4 is 22.5 Å². The van der Waals surface area contributed by atoms with Crippen LogP contribution in [0.25, 0.3) is 0 Å². The third-order valence-corrected chi connectivity index (χ3v) is 14.1. The number of nitrogens with one attached hydrogen (secondary N) is 1. The molecule has 308 valence electrons. The second kappa shape index (κ2) is 27.3. The lowest BCUT2D eigenvalue weighted by Crippen LogP contribution is -2.55. The summed E-state index contributed by atoms with van der Waals surface area (Å²) >= 11 is 0. The number of ether oxygens (including phenoxy) is 3. The molecular formula is C45H90N4O3. The van der Waals surface area contributed by atoms with E-state index in [-0.39, 0.29) is 0 Å². The van der Waals surface area contributed by atoms with Crippen LogP contribution in [0.3, 0.4) is 0 Å². The molecule has 0 radical (unpaired) electrons. The van der Waals surface area contributed by atoms with Crippen LogP contribution in [0.1, 0.15) is 175 Å². The molecule has 0 saturated heterocycles. The van der Waals surface area contributed by atoms with Crippen molar-refractivity contribution in [1.82, 2.24) is 5.32 Å². The zero-order valence-corrected chi connectivity index (χ0v) is 35.1. The average molecular weight is 735 g/mol. The Morgan fingerprint density at radius 1 is 0.654 bits per heavy atom. The highest BCUT2D eigenvalue weighted by atomic mass is 16.5. The summed E-state index contributed by atoms with van der Waals surface area (Å²) in [5.74, 6) is 3.85. The summed E-state index contributed by atoms with van der Waals surface area (Å²) in [5, 5.41) is 3.79. The molecule has 7 heteroatoms. The van der Waals surface area contributed by atoms with Crippen LogP contribution in [0.4, 0.5) is 0 Å². The Morgan fingerprint density at radius 2 is 1.25 bits per heavy atom. The van der Waals surface area contributed by atoms with Crippen LogP contribution in [0, 0.1) is 40.9 Å². The van der Waals surface area contributed by atoms with E-state index in [2.05, 4.69) is 33.0 Å². The maximum atomic E-state index is 6.87. The van der Waals surface area contributed by atoms with Crippen molar-refractivity contribution in [1.29, 1.82) is 0 Å². The SMILES string of the molecule is CCCCCCCCCCCCNCCC[C@@H](C)[C@H]1CC[C@H](C)[C@@H]2[C@H](OCCCN)C[C@@H]3C[C@H](OCCCN)CC[C@]3(C)[C@H]2C[C@H](OCCCN)C1. The minimum atomic E-state index is 0.293. The van der Waals surface area contributed by atoms with Crippen molar-refractivity contribution < 1.29 is 14.2 Å². The predicted molar refractivity (Wildman–Crippen MR) is 222 cm³/mol. The predicted octanol–water partition coefficient (Wildman–Crippen LogP) is 9.38. The summed E-state index contributed by atoms with van der Waals surface area (Å²) in [7, 11) is 0. The molecule has 0 heterocycles. The van der Waals surface area contributed by atoms with E-state index in [0.29, 0.717) is 78.9 Å². The summed E-state index contributed by atoms with van der Waals surface area (Å²) in [6, 6.07) is 0. The van der Waals surface area contributed by atoms with Crippen LogP contribution in [-0.2, 0) is 14.2 Å². The van der Waals surface area contributed by atoms with Crippen molar-refractivity contribution >= 4 is 0 Å². The number of fused-ring (bicyclic) bond motifs is 3. The first kappa shape index (κ1) is 46.1. The first-order chi connectivity index (χ1) is 25.4. The Labute approximate surface area is 323 Å². The molecule has 0 aromatic carbocycles. The zero-order chi connectivity index (χ0) is 37.4. The molecule has 0 aromatic heterocycles. The molecule has 10 atom stereocenters. The number of unbranched alkanes of at least 4 members (excludes halogenated alkanes) is 9. The molecule has 0 bridgehead atoms. The number of hydrogen-bond donors (Lipinski definition) is 4. The lowest BCUT2D eigenvalue weighted by atomic mass is 9.49. The van der Waals surface area contributed by atoms with Crippen LogP contribution in [0.5, 0.6) is 0 Å². The lowest BCUT2D eigenvalue weighted by molar-refractivity contribution is -0.168. The van der Waals surface area contributed by atoms with Gasteiger partial charge >= 0.3 is 0 Å². The van der Waals surface area contributed by atoms with Gasteiger partial charge in [0.05, 0.1) is 18.3 Å². The molecule has 7 N–H and O–H groups in total. The van der Waals surface area contributed by atoms with E-state index in [1.807, 2.05) is 0 Å². The van der Waals surface area contributed by atoms with Gasteiger partial charge in [0.1, 0.15) is 0 Å². The molecule has 52 heavy (non-hydrogen) atoms. The lowest BCUT2D eigenvalue weighted by Gasteiger charge is -2.59. The van der Waals surface area contributed by atoms with Crippen molar-refractivity contribution in [2.45, 2.75) is 194 Å². The Hall–Kier alpha value is -0.280. The van der Waals surface area contributed by atoms with Gasteiger partial charge in [-0.25, -0.2) is 0 Å². The Balaban J connectivity index is 1.59. The van der Waals surface area contributed by atoms with E-state index in [4.69, 9.17) is 31.4 Å². The van der Waals surface area contributed by atoms with E-state index in [0.717, 1.165) is 64.9 Å². The second-order valence-corrected chi connectivity index (χ2v) is 18.1. The Bertz CT molecular complexity index is 864. The molecule has 0 amide bonds. The molecular weight excluding hydrogens is 645 g/mol. The topological polar surface area (TPSA) is 118 Å². The highest BCUT2D eigenvalue weighted by Crippen LogP contribution is 2.60. The fourth-order valence-electron chi connectivity index (χ4n) is 10.7. The van der Waals surface area contributed by atoms with E-state index < -0.39 is 0 Å². The maximum absolute atomic E-state index is 6.87. The van der Waals surface area contributed by atoms with E-state index in [1.54, 1.807) is 0 Å². The van der Waals surface area contributed by atoms with Gasteiger partial charge in [-0.3, -0.25) is 0 Å². The van der Waals surface area contributed by atoms with E-state index >= 15 is 0 Å². The largest absolute Gasteiger partial charge is 0.378 e. The van der Waals surface area contributed by atoms with Crippen LogP contribution >= 0.6 is 0 Å². The quantitative estimate of drug-likeness (QED) is 0.0592. The highest BCUT2D eigenvalue weighted by Gasteiger charge is 2.56. The smallest absolute Gasteiger partial charge is 0.0611 e. The summed E-state index contributed by atoms with van der Waals surface area (Å²) in [4.78, 5) is 0. The fraction of sp³-hybridized carbons (Fsp3) is 1.00. The van der Waals surface area contributed by atoms with Crippen LogP contribution in [0.2, 0.25) is 0 Å². The van der Waals surface area contributed by atoms with Crippen LogP contribution in [0.15, 0.2) is 0 Å². The van der Waals surface area contributed by atoms with Gasteiger partial charge < -0.3 is 36.7 Å². The third kappa shape index (κ3) is 16.1. The fourth-order valence-corrected chi connectivity index (χ4v) is 10.7. The number of nitrogens with two attached hydrogens (primary N) is 3. The van der Waals surface area contributed by atoms with Gasteiger partial charge in [-0.2, -0.15) is 0 Å². The highest BCUT2D eigenvalue weighted by molar-refractivity contribution is 5.05. The Kier molecular flexibility index (Phi) is 24.2. The molecule has 3 rings (SSSR count). The van der Waals surface area contributed by atoms with Gasteiger partial charge in [-0.15, -0.1) is 0 Å². The van der Waals surface area contributed by atoms with Gasteiger partial charge in [0, 0.05) is 19.8 Å². The molecule has 0 unspecified atom stereocenters. The van der Waals surface area contributed by atoms with Gasteiger partial charge in [0.25, 0.3) is 0 Å². The van der Waals surface area contributed by atoms with E-state index in [9.17, 15) is 0 Å². The minimum absolute atomic E-state index is 0.293. The second-order valence-electron chi connectivity index (χ2n) is 18.1. The summed E-state index contributed by atoms with van der Waals surface area (Å²) < 4.78 is 20.1. The summed E-state index contributed by atoms with van der Waals surface area (Å²) in [5.41, 5.74) is 18.0. The number of rotatable bonds is 28. The van der Waals surface area contributed by atoms with Crippen molar-refractivity contribution in [2.24, 2.45) is 58.1 Å². The molecule has 3 aliphatic carbocycles. The molecule has 3 saturated carbocycles. The van der Waals surface area contributed by atoms with Crippen molar-refractivity contribution in [3.8, 4) is 0 Å². The summed E-state index contributed by atoms with van der Waals surface area (Å²) in [6.07, 6.45) is 30.1. The Morgan fingerprint density at radius 3 is 1.90 bits per heavy atom. The molecule has 0 aliphatic heterocycles. The van der Waals surface area contributed by atoms with Gasteiger partial charge in [0.2, 0.25) is 0 Å². The van der Waals surface area contributed by atoms with Crippen LogP contribution in [-0.4, -0.2) is 70.9 Å². The van der Waals surface area contributed by atoms with Gasteiger partial charge in [0.15, 0.2) is 0 Å². The van der Waals surface area contributed by atoms with Crippen molar-refractivity contribution in [3.05, 3.63) is 0 Å². The first-order valence-electron chi connectivity index (χ1n) is 23.0. The molecule has 0 spiro atoms. The average Bonchev–Trinajstić information content (AvgIpc) is 3.20. The van der Waals surface area contributed by atoms with Gasteiger partial charge in [-0.05, 0) is 157 Å². The molecule has 7 nitrogen and oxygen atoms in total. The monoisotopic (exact) mass is 735 g/mol. The number of hydrogen-bond acceptors (Lipinski definition) is 7. The molecule has 3 aliphatic rings. The molecule has 3 fully saturated rings. The third-order valence-electron chi connectivity index (χ3n) is 14.1. The summed E-state index contributed by atoms with van der Waals surface area (Å²) in [6.45, 7) is 16.8. The molecule has 0 aromatic rings.